The number of nitriles is 1. The number of likely N-dealkylation sites (N-methyl/N-ethyl adjacent to an activating group) is 1. The third-order valence-electron chi connectivity index (χ3n) is 8.99. The lowest BCUT2D eigenvalue weighted by Gasteiger charge is -2.36. The van der Waals surface area contributed by atoms with Gasteiger partial charge in [0.15, 0.2) is 0 Å². The van der Waals surface area contributed by atoms with Gasteiger partial charge in [0.05, 0.1) is 23.5 Å². The van der Waals surface area contributed by atoms with Gasteiger partial charge in [-0.25, -0.2) is 4.98 Å². The number of imidazole rings is 1. The van der Waals surface area contributed by atoms with E-state index in [-0.39, 0.29) is 6.17 Å². The SMILES string of the molecule is CN1CCc2nc(-c3cc(C(N)N4CCC(c5ccc(C#N)cc5)CC4)ccc3C3CCC3)[nH]c2CC1. The van der Waals surface area contributed by atoms with Crippen LogP contribution in [0.4, 0.5) is 0 Å². The molecule has 3 aromatic rings. The van der Waals surface area contributed by atoms with Crippen LogP contribution in [0.2, 0.25) is 0 Å². The maximum absolute atomic E-state index is 9.09. The third-order valence-corrected chi connectivity index (χ3v) is 8.99. The smallest absolute Gasteiger partial charge is 0.138 e. The van der Waals surface area contributed by atoms with Crippen LogP contribution in [0.3, 0.4) is 0 Å². The zero-order valence-corrected chi connectivity index (χ0v) is 21.9. The fourth-order valence-corrected chi connectivity index (χ4v) is 6.29. The Labute approximate surface area is 220 Å². The summed E-state index contributed by atoms with van der Waals surface area (Å²) in [5.74, 6) is 2.20. The first-order chi connectivity index (χ1) is 18.1. The molecule has 0 radical (unpaired) electrons. The minimum atomic E-state index is -0.113. The van der Waals surface area contributed by atoms with E-state index in [4.69, 9.17) is 16.0 Å². The van der Waals surface area contributed by atoms with Gasteiger partial charge in [0.25, 0.3) is 0 Å². The van der Waals surface area contributed by atoms with Crippen LogP contribution in [0.15, 0.2) is 42.5 Å². The second-order valence-corrected chi connectivity index (χ2v) is 11.3. The molecule has 6 heteroatoms. The van der Waals surface area contributed by atoms with E-state index >= 15 is 0 Å². The van der Waals surface area contributed by atoms with E-state index in [1.807, 2.05) is 12.1 Å². The average molecular weight is 495 g/mol. The Kier molecular flexibility index (Phi) is 6.86. The van der Waals surface area contributed by atoms with Gasteiger partial charge in [-0.2, -0.15) is 5.26 Å². The Bertz CT molecular complexity index is 1250. The molecule has 0 amide bonds. The number of aromatic nitrogens is 2. The van der Waals surface area contributed by atoms with Crippen molar-refractivity contribution in [2.45, 2.75) is 62.9 Å². The van der Waals surface area contributed by atoms with Crippen molar-refractivity contribution in [1.82, 2.24) is 19.8 Å². The fraction of sp³-hybridized carbons (Fsp3) is 0.484. The number of hydrogen-bond donors (Lipinski definition) is 2. The molecule has 3 heterocycles. The molecule has 0 spiro atoms. The minimum Gasteiger partial charge on any atom is -0.342 e. The van der Waals surface area contributed by atoms with Gasteiger partial charge in [-0.3, -0.25) is 4.90 Å². The van der Waals surface area contributed by atoms with E-state index < -0.39 is 0 Å². The van der Waals surface area contributed by atoms with Crippen molar-refractivity contribution < 1.29 is 0 Å². The summed E-state index contributed by atoms with van der Waals surface area (Å²) in [7, 11) is 2.19. The summed E-state index contributed by atoms with van der Waals surface area (Å²) >= 11 is 0. The first-order valence-corrected chi connectivity index (χ1v) is 14.0. The van der Waals surface area contributed by atoms with E-state index in [9.17, 15) is 0 Å². The van der Waals surface area contributed by atoms with Crippen molar-refractivity contribution in [2.75, 3.05) is 33.2 Å². The number of likely N-dealkylation sites (tertiary alicyclic amines) is 1. The summed E-state index contributed by atoms with van der Waals surface area (Å²) in [6, 6.07) is 17.2. The molecular formula is C31H38N6. The number of nitrogens with one attached hydrogen (secondary N) is 1. The van der Waals surface area contributed by atoms with Crippen molar-refractivity contribution in [3.8, 4) is 17.5 Å². The lowest BCUT2D eigenvalue weighted by molar-refractivity contribution is 0.155. The van der Waals surface area contributed by atoms with Crippen LogP contribution in [0.25, 0.3) is 11.4 Å². The van der Waals surface area contributed by atoms with Crippen LogP contribution < -0.4 is 5.73 Å². The van der Waals surface area contributed by atoms with Crippen LogP contribution >= 0.6 is 0 Å². The molecule has 192 valence electrons. The Hall–Kier alpha value is -2.98. The summed E-state index contributed by atoms with van der Waals surface area (Å²) in [5, 5.41) is 9.09. The zero-order chi connectivity index (χ0) is 25.4. The number of fused-ring (bicyclic) bond motifs is 1. The van der Waals surface area contributed by atoms with Gasteiger partial charge in [0, 0.05) is 50.3 Å². The molecule has 2 fully saturated rings. The van der Waals surface area contributed by atoms with Crippen molar-refractivity contribution >= 4 is 0 Å². The number of hydrogen-bond acceptors (Lipinski definition) is 5. The second-order valence-electron chi connectivity index (χ2n) is 11.3. The standard InChI is InChI=1S/C31H38N6/c1-36-15-13-28-29(14-16-36)35-31(34-28)27-19-25(9-10-26(27)24-3-2-4-24)30(33)37-17-11-23(12-18-37)22-7-5-21(20-32)6-8-22/h5-10,19,23-24,30H,2-4,11-18,33H2,1H3,(H,34,35). The van der Waals surface area contributed by atoms with Crippen molar-refractivity contribution in [3.05, 3.63) is 76.1 Å². The molecule has 6 rings (SSSR count). The van der Waals surface area contributed by atoms with Crippen molar-refractivity contribution in [2.24, 2.45) is 5.73 Å². The van der Waals surface area contributed by atoms with Crippen LogP contribution in [-0.2, 0) is 12.8 Å². The molecule has 2 aromatic carbocycles. The number of nitrogens with two attached hydrogens (primary N) is 1. The second kappa shape index (κ2) is 10.4. The normalized spacial score (nSPS) is 20.6. The van der Waals surface area contributed by atoms with E-state index in [1.165, 1.54) is 52.9 Å². The van der Waals surface area contributed by atoms with Crippen molar-refractivity contribution in [3.63, 3.8) is 0 Å². The molecule has 6 nitrogen and oxygen atoms in total. The molecule has 1 atom stereocenters. The Morgan fingerprint density at radius 2 is 1.73 bits per heavy atom. The first kappa shape index (κ1) is 24.4. The summed E-state index contributed by atoms with van der Waals surface area (Å²) in [5.41, 5.74) is 15.4. The Morgan fingerprint density at radius 3 is 2.43 bits per heavy atom. The molecule has 1 saturated carbocycles. The van der Waals surface area contributed by atoms with Crippen LogP contribution in [-0.4, -0.2) is 53.0 Å². The highest BCUT2D eigenvalue weighted by molar-refractivity contribution is 5.64. The topological polar surface area (TPSA) is 85.0 Å². The Balaban J connectivity index is 1.21. The highest BCUT2D eigenvalue weighted by Crippen LogP contribution is 2.42. The third kappa shape index (κ3) is 4.96. The number of rotatable bonds is 5. The maximum Gasteiger partial charge on any atom is 0.138 e. The van der Waals surface area contributed by atoms with Gasteiger partial charge in [-0.05, 0) is 79.5 Å². The van der Waals surface area contributed by atoms with Crippen LogP contribution in [0, 0.1) is 11.3 Å². The largest absolute Gasteiger partial charge is 0.342 e. The average Bonchev–Trinajstić information content (AvgIpc) is 3.24. The molecule has 2 aliphatic heterocycles. The van der Waals surface area contributed by atoms with Gasteiger partial charge >= 0.3 is 0 Å². The van der Waals surface area contributed by atoms with Gasteiger partial charge in [-0.15, -0.1) is 0 Å². The molecule has 0 bridgehead atoms. The van der Waals surface area contributed by atoms with Crippen LogP contribution in [0.1, 0.15) is 83.7 Å². The number of aromatic amines is 1. The maximum atomic E-state index is 9.09. The van der Waals surface area contributed by atoms with E-state index in [2.05, 4.69) is 58.2 Å². The van der Waals surface area contributed by atoms with Gasteiger partial charge in [0.1, 0.15) is 5.82 Å². The highest BCUT2D eigenvalue weighted by atomic mass is 15.2. The fourth-order valence-electron chi connectivity index (χ4n) is 6.29. The predicted molar refractivity (Wildman–Crippen MR) is 147 cm³/mol. The summed E-state index contributed by atoms with van der Waals surface area (Å²) in [4.78, 5) is 13.7. The zero-order valence-electron chi connectivity index (χ0n) is 21.9. The quantitative estimate of drug-likeness (QED) is 0.516. The summed E-state index contributed by atoms with van der Waals surface area (Å²) in [6.45, 7) is 4.10. The first-order valence-electron chi connectivity index (χ1n) is 14.0. The molecule has 1 aliphatic carbocycles. The van der Waals surface area contributed by atoms with Gasteiger partial charge in [-0.1, -0.05) is 30.7 Å². The van der Waals surface area contributed by atoms with E-state index in [1.54, 1.807) is 0 Å². The summed E-state index contributed by atoms with van der Waals surface area (Å²) < 4.78 is 0. The monoisotopic (exact) mass is 494 g/mol. The van der Waals surface area contributed by atoms with Crippen molar-refractivity contribution in [1.29, 1.82) is 5.26 Å². The molecule has 3 aliphatic rings. The molecule has 3 N–H and O–H groups in total. The molecule has 1 unspecified atom stereocenters. The minimum absolute atomic E-state index is 0.113. The van der Waals surface area contributed by atoms with E-state index in [0.29, 0.717) is 11.8 Å². The van der Waals surface area contributed by atoms with Gasteiger partial charge < -0.3 is 15.6 Å². The number of benzene rings is 2. The van der Waals surface area contributed by atoms with Gasteiger partial charge in [0.2, 0.25) is 0 Å². The predicted octanol–water partition coefficient (Wildman–Crippen LogP) is 5.08. The van der Waals surface area contributed by atoms with Crippen LogP contribution in [0.5, 0.6) is 0 Å². The molecule has 1 aromatic heterocycles. The number of piperidine rings is 1. The Morgan fingerprint density at radius 1 is 0.973 bits per heavy atom. The molecular weight excluding hydrogens is 456 g/mol. The molecule has 37 heavy (non-hydrogen) atoms. The number of nitrogens with zero attached hydrogens (tertiary/aromatic N) is 4. The highest BCUT2D eigenvalue weighted by Gasteiger charge is 2.28. The summed E-state index contributed by atoms with van der Waals surface area (Å²) in [6.07, 6.45) is 7.97. The molecule has 1 saturated heterocycles. The lowest BCUT2D eigenvalue weighted by Crippen LogP contribution is -2.40. The van der Waals surface area contributed by atoms with E-state index in [0.717, 1.165) is 63.3 Å². The lowest BCUT2D eigenvalue weighted by atomic mass is 9.77. The number of H-pyrrole nitrogens is 1.